The molecule has 1 aliphatic rings. The summed E-state index contributed by atoms with van der Waals surface area (Å²) in [6.45, 7) is 2.68. The number of fused-ring (bicyclic) bond motifs is 1. The first-order valence-corrected chi connectivity index (χ1v) is 7.67. The molecular formula is C16H16BrNO2. The number of hydrogen-bond donors (Lipinski definition) is 1. The maximum atomic E-state index is 12.1. The van der Waals surface area contributed by atoms with Gasteiger partial charge < -0.3 is 9.73 Å². The molecule has 20 heavy (non-hydrogen) atoms. The Labute approximate surface area is 126 Å². The largest absolute Gasteiger partial charge is 0.469 e. The van der Waals surface area contributed by atoms with Crippen molar-refractivity contribution in [2.75, 3.05) is 6.54 Å². The quantitative estimate of drug-likeness (QED) is 0.850. The standard InChI is InChI=1S/C16H16BrNO2/c1-10-7-13(9-20-10)15(17)12-5-4-11-3-2-6-18-16(19)14(11)8-12/h4-5,7-9,15H,2-3,6H2,1H3,(H,18,19). The van der Waals surface area contributed by atoms with E-state index in [4.69, 9.17) is 4.42 Å². The summed E-state index contributed by atoms with van der Waals surface area (Å²) in [7, 11) is 0. The molecule has 0 fully saturated rings. The summed E-state index contributed by atoms with van der Waals surface area (Å²) in [5.74, 6) is 0.916. The number of nitrogens with one attached hydrogen (secondary N) is 1. The van der Waals surface area contributed by atoms with Crippen LogP contribution >= 0.6 is 15.9 Å². The lowest BCUT2D eigenvalue weighted by molar-refractivity contribution is 0.0956. The first-order chi connectivity index (χ1) is 9.65. The second kappa shape index (κ2) is 5.44. The minimum atomic E-state index is 0.0300. The fourth-order valence-corrected chi connectivity index (χ4v) is 3.07. The number of furan rings is 1. The number of carbonyl (C=O) groups excluding carboxylic acids is 1. The highest BCUT2D eigenvalue weighted by molar-refractivity contribution is 9.09. The molecule has 0 bridgehead atoms. The van der Waals surface area contributed by atoms with Crippen molar-refractivity contribution in [2.45, 2.75) is 24.6 Å². The molecule has 1 unspecified atom stereocenters. The molecule has 104 valence electrons. The van der Waals surface area contributed by atoms with Gasteiger partial charge in [0.2, 0.25) is 0 Å². The van der Waals surface area contributed by atoms with Gasteiger partial charge in [-0.3, -0.25) is 4.79 Å². The van der Waals surface area contributed by atoms with Gasteiger partial charge in [0.05, 0.1) is 11.1 Å². The molecule has 1 N–H and O–H groups in total. The monoisotopic (exact) mass is 333 g/mol. The number of halogens is 1. The minimum Gasteiger partial charge on any atom is -0.469 e. The molecule has 1 aromatic heterocycles. The van der Waals surface area contributed by atoms with Crippen LogP contribution in [0, 0.1) is 6.92 Å². The van der Waals surface area contributed by atoms with Crippen LogP contribution < -0.4 is 5.32 Å². The maximum absolute atomic E-state index is 12.1. The summed E-state index contributed by atoms with van der Waals surface area (Å²) >= 11 is 3.68. The van der Waals surface area contributed by atoms with Crippen molar-refractivity contribution < 1.29 is 9.21 Å². The molecule has 0 radical (unpaired) electrons. The van der Waals surface area contributed by atoms with Crippen LogP contribution in [0.1, 0.15) is 44.1 Å². The highest BCUT2D eigenvalue weighted by Gasteiger charge is 2.19. The summed E-state index contributed by atoms with van der Waals surface area (Å²) in [5.41, 5.74) is 4.06. The molecule has 1 aromatic carbocycles. The van der Waals surface area contributed by atoms with Crippen molar-refractivity contribution in [1.29, 1.82) is 0 Å². The fraction of sp³-hybridized carbons (Fsp3) is 0.312. The van der Waals surface area contributed by atoms with E-state index >= 15 is 0 Å². The predicted octanol–water partition coefficient (Wildman–Crippen LogP) is 3.75. The van der Waals surface area contributed by atoms with Gasteiger partial charge in [-0.05, 0) is 43.0 Å². The average Bonchev–Trinajstić information content (AvgIpc) is 2.80. The number of benzene rings is 1. The zero-order valence-corrected chi connectivity index (χ0v) is 12.9. The molecule has 0 saturated heterocycles. The van der Waals surface area contributed by atoms with E-state index in [1.54, 1.807) is 6.26 Å². The number of hydrogen-bond acceptors (Lipinski definition) is 2. The third-order valence-corrected chi connectivity index (χ3v) is 4.68. The third kappa shape index (κ3) is 2.52. The van der Waals surface area contributed by atoms with Gasteiger partial charge in [0, 0.05) is 17.7 Å². The Morgan fingerprint density at radius 2 is 2.15 bits per heavy atom. The molecule has 3 nitrogen and oxygen atoms in total. The van der Waals surface area contributed by atoms with Gasteiger partial charge >= 0.3 is 0 Å². The van der Waals surface area contributed by atoms with Gasteiger partial charge in [-0.1, -0.05) is 28.1 Å². The fourth-order valence-electron chi connectivity index (χ4n) is 2.55. The van der Waals surface area contributed by atoms with E-state index < -0.39 is 0 Å². The topological polar surface area (TPSA) is 42.2 Å². The molecule has 1 atom stereocenters. The van der Waals surface area contributed by atoms with Crippen molar-refractivity contribution in [2.24, 2.45) is 0 Å². The molecule has 1 aliphatic heterocycles. The first kappa shape index (κ1) is 13.4. The van der Waals surface area contributed by atoms with Crippen LogP contribution in [-0.2, 0) is 6.42 Å². The summed E-state index contributed by atoms with van der Waals surface area (Å²) < 4.78 is 5.35. The third-order valence-electron chi connectivity index (χ3n) is 3.62. The molecule has 0 saturated carbocycles. The summed E-state index contributed by atoms with van der Waals surface area (Å²) in [6.07, 6.45) is 3.70. The van der Waals surface area contributed by atoms with Crippen LogP contribution in [-0.4, -0.2) is 12.5 Å². The van der Waals surface area contributed by atoms with Crippen LogP contribution in [0.3, 0.4) is 0 Å². The Morgan fingerprint density at radius 1 is 1.30 bits per heavy atom. The van der Waals surface area contributed by atoms with Gasteiger partial charge in [0.25, 0.3) is 5.91 Å². The van der Waals surface area contributed by atoms with Crippen LogP contribution in [0.15, 0.2) is 34.9 Å². The molecule has 0 spiro atoms. The van der Waals surface area contributed by atoms with Gasteiger partial charge in [-0.2, -0.15) is 0 Å². The molecule has 2 aromatic rings. The summed E-state index contributed by atoms with van der Waals surface area (Å²) in [6, 6.07) is 8.14. The van der Waals surface area contributed by atoms with E-state index in [1.165, 1.54) is 0 Å². The summed E-state index contributed by atoms with van der Waals surface area (Å²) in [5, 5.41) is 2.94. The first-order valence-electron chi connectivity index (χ1n) is 6.75. The van der Waals surface area contributed by atoms with Crippen LogP contribution in [0.25, 0.3) is 0 Å². The van der Waals surface area contributed by atoms with Crippen molar-refractivity contribution in [1.82, 2.24) is 5.32 Å². The van der Waals surface area contributed by atoms with Crippen LogP contribution in [0.4, 0.5) is 0 Å². The summed E-state index contributed by atoms with van der Waals surface area (Å²) in [4.78, 5) is 12.1. The maximum Gasteiger partial charge on any atom is 0.251 e. The highest BCUT2D eigenvalue weighted by Crippen LogP contribution is 2.33. The lowest BCUT2D eigenvalue weighted by Crippen LogP contribution is -2.22. The molecule has 0 aliphatic carbocycles. The van der Waals surface area contributed by atoms with Gasteiger partial charge in [0.1, 0.15) is 5.76 Å². The smallest absolute Gasteiger partial charge is 0.251 e. The van der Waals surface area contributed by atoms with E-state index in [2.05, 4.69) is 33.4 Å². The van der Waals surface area contributed by atoms with E-state index in [0.717, 1.165) is 47.4 Å². The SMILES string of the molecule is Cc1cc(C(Br)c2ccc3c(c2)C(=O)NCCC3)co1. The van der Waals surface area contributed by atoms with Crippen LogP contribution in [0.5, 0.6) is 0 Å². The predicted molar refractivity (Wildman–Crippen MR) is 81.3 cm³/mol. The Kier molecular flexibility index (Phi) is 3.66. The van der Waals surface area contributed by atoms with Crippen molar-refractivity contribution >= 4 is 21.8 Å². The number of rotatable bonds is 2. The Balaban J connectivity index is 1.97. The Hall–Kier alpha value is -1.55. The Bertz CT molecular complexity index is 648. The minimum absolute atomic E-state index is 0.0300. The lowest BCUT2D eigenvalue weighted by Gasteiger charge is -2.11. The van der Waals surface area contributed by atoms with Gasteiger partial charge in [-0.15, -0.1) is 0 Å². The second-order valence-electron chi connectivity index (χ2n) is 5.13. The van der Waals surface area contributed by atoms with Crippen molar-refractivity contribution in [3.05, 3.63) is 58.5 Å². The zero-order valence-electron chi connectivity index (χ0n) is 11.3. The van der Waals surface area contributed by atoms with E-state index in [9.17, 15) is 4.79 Å². The molecule has 4 heteroatoms. The second-order valence-corrected chi connectivity index (χ2v) is 6.04. The van der Waals surface area contributed by atoms with Crippen molar-refractivity contribution in [3.8, 4) is 0 Å². The number of carbonyl (C=O) groups is 1. The molecule has 3 rings (SSSR count). The molecule has 2 heterocycles. The van der Waals surface area contributed by atoms with E-state index in [0.29, 0.717) is 0 Å². The zero-order chi connectivity index (χ0) is 14.1. The number of amides is 1. The molecule has 1 amide bonds. The molecular weight excluding hydrogens is 318 g/mol. The van der Waals surface area contributed by atoms with Gasteiger partial charge in [0.15, 0.2) is 0 Å². The van der Waals surface area contributed by atoms with E-state index in [1.807, 2.05) is 19.1 Å². The normalized spacial score (nSPS) is 16.2. The lowest BCUT2D eigenvalue weighted by atomic mass is 9.98. The number of aryl methyl sites for hydroxylation is 2. The number of alkyl halides is 1. The van der Waals surface area contributed by atoms with Crippen LogP contribution in [0.2, 0.25) is 0 Å². The van der Waals surface area contributed by atoms with E-state index in [-0.39, 0.29) is 10.7 Å². The highest BCUT2D eigenvalue weighted by atomic mass is 79.9. The Morgan fingerprint density at radius 3 is 2.90 bits per heavy atom. The van der Waals surface area contributed by atoms with Gasteiger partial charge in [-0.25, -0.2) is 0 Å². The van der Waals surface area contributed by atoms with Crippen molar-refractivity contribution in [3.63, 3.8) is 0 Å². The average molecular weight is 334 g/mol.